The molecule has 1 aromatic heterocycles. The Morgan fingerprint density at radius 3 is 2.94 bits per heavy atom. The Morgan fingerprint density at radius 2 is 2.24 bits per heavy atom. The molecule has 1 aromatic carbocycles. The Morgan fingerprint density at radius 1 is 1.41 bits per heavy atom. The van der Waals surface area contributed by atoms with Crippen LogP contribution in [0.15, 0.2) is 35.8 Å². The predicted octanol–water partition coefficient (Wildman–Crippen LogP) is 1.38. The van der Waals surface area contributed by atoms with Crippen LogP contribution < -0.4 is 11.1 Å². The van der Waals surface area contributed by atoms with Gasteiger partial charge in [-0.05, 0) is 5.56 Å². The van der Waals surface area contributed by atoms with Crippen molar-refractivity contribution in [2.75, 3.05) is 6.54 Å². The molecule has 2 rings (SSSR count). The number of carbonyl (C=O) groups excluding carboxylic acids is 1. The van der Waals surface area contributed by atoms with Gasteiger partial charge in [0.2, 0.25) is 5.91 Å². The number of nitrogens with zero attached hydrogens (tertiary/aromatic N) is 1. The Kier molecular flexibility index (Phi) is 3.85. The van der Waals surface area contributed by atoms with Crippen molar-refractivity contribution in [1.29, 1.82) is 0 Å². The number of amides is 1. The number of nitrogens with one attached hydrogen (secondary N) is 1. The van der Waals surface area contributed by atoms with E-state index in [9.17, 15) is 4.79 Å². The minimum atomic E-state index is -0.154. The van der Waals surface area contributed by atoms with Gasteiger partial charge in [-0.2, -0.15) is 0 Å². The molecule has 4 nitrogen and oxygen atoms in total. The highest BCUT2D eigenvalue weighted by Crippen LogP contribution is 2.25. The van der Waals surface area contributed by atoms with Gasteiger partial charge in [-0.3, -0.25) is 4.79 Å². The van der Waals surface area contributed by atoms with Gasteiger partial charge in [0, 0.05) is 23.7 Å². The maximum Gasteiger partial charge on any atom is 0.234 e. The number of nitrogens with two attached hydrogens (primary N) is 1. The van der Waals surface area contributed by atoms with E-state index in [1.807, 2.05) is 29.6 Å². The van der Waals surface area contributed by atoms with E-state index < -0.39 is 0 Å². The third-order valence-corrected chi connectivity index (χ3v) is 3.15. The first kappa shape index (κ1) is 11.8. The summed E-state index contributed by atoms with van der Waals surface area (Å²) < 4.78 is 0. The number of hydrogen-bond donors (Lipinski definition) is 2. The molecular weight excluding hydrogens is 234 g/mol. The van der Waals surface area contributed by atoms with Gasteiger partial charge in [-0.25, -0.2) is 4.98 Å². The second kappa shape index (κ2) is 5.56. The van der Waals surface area contributed by atoms with Crippen LogP contribution >= 0.6 is 11.3 Å². The van der Waals surface area contributed by atoms with E-state index in [4.69, 9.17) is 5.73 Å². The molecule has 0 atom stereocenters. The third-order valence-electron chi connectivity index (χ3n) is 2.34. The van der Waals surface area contributed by atoms with E-state index in [2.05, 4.69) is 10.3 Å². The van der Waals surface area contributed by atoms with Gasteiger partial charge in [0.15, 0.2) is 0 Å². The van der Waals surface area contributed by atoms with Crippen molar-refractivity contribution in [2.45, 2.75) is 6.54 Å². The fourth-order valence-corrected chi connectivity index (χ4v) is 2.20. The van der Waals surface area contributed by atoms with Crippen LogP contribution in [0, 0.1) is 0 Å². The largest absolute Gasteiger partial charge is 0.351 e. The van der Waals surface area contributed by atoms with E-state index in [1.165, 1.54) is 0 Å². The van der Waals surface area contributed by atoms with Crippen LogP contribution in [-0.2, 0) is 11.3 Å². The average molecular weight is 247 g/mol. The summed E-state index contributed by atoms with van der Waals surface area (Å²) in [7, 11) is 0. The topological polar surface area (TPSA) is 68.0 Å². The van der Waals surface area contributed by atoms with Gasteiger partial charge in [0.1, 0.15) is 5.01 Å². The van der Waals surface area contributed by atoms with Crippen molar-refractivity contribution in [1.82, 2.24) is 10.3 Å². The average Bonchev–Trinajstić information content (AvgIpc) is 2.90. The quantitative estimate of drug-likeness (QED) is 0.857. The molecule has 17 heavy (non-hydrogen) atoms. The van der Waals surface area contributed by atoms with Crippen molar-refractivity contribution in [3.63, 3.8) is 0 Å². The van der Waals surface area contributed by atoms with Gasteiger partial charge >= 0.3 is 0 Å². The Balaban J connectivity index is 2.20. The third kappa shape index (κ3) is 2.89. The first-order valence-electron chi connectivity index (χ1n) is 5.26. The zero-order valence-corrected chi connectivity index (χ0v) is 10.0. The zero-order chi connectivity index (χ0) is 12.1. The first-order valence-corrected chi connectivity index (χ1v) is 6.14. The molecule has 0 aliphatic heterocycles. The molecule has 0 spiro atoms. The van der Waals surface area contributed by atoms with Crippen LogP contribution in [0.2, 0.25) is 0 Å². The maximum absolute atomic E-state index is 11.1. The molecule has 88 valence electrons. The highest BCUT2D eigenvalue weighted by atomic mass is 32.1. The van der Waals surface area contributed by atoms with E-state index >= 15 is 0 Å². The molecule has 0 aliphatic rings. The van der Waals surface area contributed by atoms with Crippen molar-refractivity contribution in [3.05, 3.63) is 41.4 Å². The summed E-state index contributed by atoms with van der Waals surface area (Å²) in [6, 6.07) is 7.89. The fourth-order valence-electron chi connectivity index (χ4n) is 1.51. The number of hydrogen-bond acceptors (Lipinski definition) is 4. The number of benzene rings is 1. The lowest BCUT2D eigenvalue weighted by Crippen LogP contribution is -2.29. The van der Waals surface area contributed by atoms with Crippen molar-refractivity contribution >= 4 is 17.2 Å². The Labute approximate surface area is 103 Å². The van der Waals surface area contributed by atoms with Crippen LogP contribution in [0.5, 0.6) is 0 Å². The highest BCUT2D eigenvalue weighted by Gasteiger charge is 2.07. The zero-order valence-electron chi connectivity index (χ0n) is 9.22. The smallest absolute Gasteiger partial charge is 0.234 e. The summed E-state index contributed by atoms with van der Waals surface area (Å²) in [6.07, 6.45) is 1.77. The monoisotopic (exact) mass is 247 g/mol. The molecule has 0 fully saturated rings. The lowest BCUT2D eigenvalue weighted by Gasteiger charge is -2.08. The standard InChI is InChI=1S/C12H13N3OS/c13-7-11(16)15-8-9-3-1-2-4-10(9)12-14-5-6-17-12/h1-6H,7-8,13H2,(H,15,16). The molecule has 1 amide bonds. The van der Waals surface area contributed by atoms with Gasteiger partial charge in [0.25, 0.3) is 0 Å². The van der Waals surface area contributed by atoms with Gasteiger partial charge in [-0.1, -0.05) is 24.3 Å². The van der Waals surface area contributed by atoms with Gasteiger partial charge < -0.3 is 11.1 Å². The maximum atomic E-state index is 11.1. The minimum absolute atomic E-state index is 0.0133. The van der Waals surface area contributed by atoms with Crippen LogP contribution in [0.25, 0.3) is 10.6 Å². The van der Waals surface area contributed by atoms with Crippen LogP contribution in [-0.4, -0.2) is 17.4 Å². The normalized spacial score (nSPS) is 10.2. The molecule has 0 radical (unpaired) electrons. The summed E-state index contributed by atoms with van der Waals surface area (Å²) in [4.78, 5) is 15.4. The Hall–Kier alpha value is -1.72. The summed E-state index contributed by atoms with van der Waals surface area (Å²) in [5, 5.41) is 5.66. The molecule has 0 aliphatic carbocycles. The summed E-state index contributed by atoms with van der Waals surface area (Å²) in [5.41, 5.74) is 7.35. The van der Waals surface area contributed by atoms with Crippen molar-refractivity contribution in [2.24, 2.45) is 5.73 Å². The minimum Gasteiger partial charge on any atom is -0.351 e. The summed E-state index contributed by atoms with van der Waals surface area (Å²) in [6.45, 7) is 0.491. The van der Waals surface area contributed by atoms with Gasteiger partial charge in [0.05, 0.1) is 6.54 Å². The molecule has 3 N–H and O–H groups in total. The molecule has 0 unspecified atom stereocenters. The number of rotatable bonds is 4. The van der Waals surface area contributed by atoms with Crippen molar-refractivity contribution in [3.8, 4) is 10.6 Å². The second-order valence-corrected chi connectivity index (χ2v) is 4.37. The van der Waals surface area contributed by atoms with Crippen LogP contribution in [0.4, 0.5) is 0 Å². The molecule has 0 saturated heterocycles. The van der Waals surface area contributed by atoms with Gasteiger partial charge in [-0.15, -0.1) is 11.3 Å². The van der Waals surface area contributed by atoms with E-state index in [0.717, 1.165) is 16.1 Å². The number of carbonyl (C=O) groups is 1. The highest BCUT2D eigenvalue weighted by molar-refractivity contribution is 7.13. The molecule has 5 heteroatoms. The van der Waals surface area contributed by atoms with E-state index in [0.29, 0.717) is 6.54 Å². The van der Waals surface area contributed by atoms with E-state index in [1.54, 1.807) is 17.5 Å². The lowest BCUT2D eigenvalue weighted by atomic mass is 10.1. The lowest BCUT2D eigenvalue weighted by molar-refractivity contribution is -0.119. The molecule has 1 heterocycles. The number of aromatic nitrogens is 1. The number of thiazole rings is 1. The first-order chi connectivity index (χ1) is 8.31. The SMILES string of the molecule is NCC(=O)NCc1ccccc1-c1nccs1. The predicted molar refractivity (Wildman–Crippen MR) is 68.5 cm³/mol. The molecular formula is C12H13N3OS. The molecule has 0 bridgehead atoms. The van der Waals surface area contributed by atoms with Crippen LogP contribution in [0.3, 0.4) is 0 Å². The van der Waals surface area contributed by atoms with Crippen molar-refractivity contribution < 1.29 is 4.79 Å². The van der Waals surface area contributed by atoms with Crippen LogP contribution in [0.1, 0.15) is 5.56 Å². The molecule has 2 aromatic rings. The summed E-state index contributed by atoms with van der Waals surface area (Å²) >= 11 is 1.58. The molecule has 0 saturated carbocycles. The second-order valence-electron chi connectivity index (χ2n) is 3.48. The fraction of sp³-hybridized carbons (Fsp3) is 0.167. The summed E-state index contributed by atoms with van der Waals surface area (Å²) in [5.74, 6) is -0.154. The van der Waals surface area contributed by atoms with E-state index in [-0.39, 0.29) is 12.5 Å². The Bertz CT molecular complexity index is 496.